The van der Waals surface area contributed by atoms with Crippen LogP contribution in [0.4, 0.5) is 0 Å². The van der Waals surface area contributed by atoms with Crippen LogP contribution in [0.2, 0.25) is 0 Å². The number of rotatable bonds is 4. The van der Waals surface area contributed by atoms with Gasteiger partial charge >= 0.3 is 0 Å². The molecule has 6 nitrogen and oxygen atoms in total. The second-order valence-electron chi connectivity index (χ2n) is 6.41. The number of carbonyl (C=O) groups excluding carboxylic acids is 2. The van der Waals surface area contributed by atoms with E-state index < -0.39 is 17.8 Å². The number of allylic oxidation sites excluding steroid dienone is 2. The van der Waals surface area contributed by atoms with Gasteiger partial charge in [0.2, 0.25) is 12.7 Å². The Morgan fingerprint density at radius 3 is 2.50 bits per heavy atom. The van der Waals surface area contributed by atoms with Crippen LogP contribution < -0.4 is 19.9 Å². The van der Waals surface area contributed by atoms with Crippen molar-refractivity contribution in [3.05, 3.63) is 34.9 Å². The van der Waals surface area contributed by atoms with Crippen LogP contribution in [0.5, 0.6) is 11.5 Å². The number of aliphatic carboxylic acids is 1. The molecule has 0 saturated heterocycles. The third-order valence-corrected chi connectivity index (χ3v) is 4.81. The highest BCUT2D eigenvalue weighted by Crippen LogP contribution is 2.34. The zero-order valence-corrected chi connectivity index (χ0v) is 13.8. The number of hydrogen-bond donors (Lipinski definition) is 1. The minimum absolute atomic E-state index is 0.200. The molecular weight excluding hydrogens is 310 g/mol. The molecule has 0 radical (unpaired) electrons. The van der Waals surface area contributed by atoms with Crippen molar-refractivity contribution >= 4 is 11.9 Å². The van der Waals surface area contributed by atoms with Gasteiger partial charge < -0.3 is 24.7 Å². The van der Waals surface area contributed by atoms with E-state index in [-0.39, 0.29) is 12.7 Å². The summed E-state index contributed by atoms with van der Waals surface area (Å²) in [5.41, 5.74) is 2.98. The minimum atomic E-state index is -1.16. The highest BCUT2D eigenvalue weighted by molar-refractivity contribution is 5.85. The number of benzene rings is 1. The van der Waals surface area contributed by atoms with Gasteiger partial charge in [0.15, 0.2) is 11.5 Å². The first-order chi connectivity index (χ1) is 11.5. The Hall–Kier alpha value is -2.50. The van der Waals surface area contributed by atoms with Gasteiger partial charge in [-0.15, -0.1) is 0 Å². The predicted octanol–water partition coefficient (Wildman–Crippen LogP) is 1.14. The molecule has 1 aromatic carbocycles. The van der Waals surface area contributed by atoms with Crippen molar-refractivity contribution < 1.29 is 24.2 Å². The van der Waals surface area contributed by atoms with Crippen LogP contribution in [0.1, 0.15) is 32.3 Å². The van der Waals surface area contributed by atoms with Gasteiger partial charge in [0.05, 0.1) is 0 Å². The molecule has 1 N–H and O–H groups in total. The van der Waals surface area contributed by atoms with E-state index in [0.29, 0.717) is 30.9 Å². The zero-order valence-electron chi connectivity index (χ0n) is 13.8. The second-order valence-corrected chi connectivity index (χ2v) is 6.41. The van der Waals surface area contributed by atoms with Gasteiger partial charge in [0, 0.05) is 24.3 Å². The van der Waals surface area contributed by atoms with Gasteiger partial charge in [0.25, 0.3) is 0 Å². The molecule has 6 heteroatoms. The summed E-state index contributed by atoms with van der Waals surface area (Å²) in [6.07, 6.45) is 0.827. The molecule has 128 valence electrons. The molecule has 1 amide bonds. The molecule has 1 heterocycles. The third-order valence-electron chi connectivity index (χ3n) is 4.81. The monoisotopic (exact) mass is 330 g/mol. The van der Waals surface area contributed by atoms with E-state index in [4.69, 9.17) is 9.47 Å². The molecule has 0 aromatic heterocycles. The average Bonchev–Trinajstić information content (AvgIpc) is 3.02. The van der Waals surface area contributed by atoms with Crippen molar-refractivity contribution in [2.45, 2.75) is 33.2 Å². The molecule has 1 aliphatic carbocycles. The van der Waals surface area contributed by atoms with E-state index in [2.05, 4.69) is 5.32 Å². The predicted molar refractivity (Wildman–Crippen MR) is 84.0 cm³/mol. The summed E-state index contributed by atoms with van der Waals surface area (Å²) in [5, 5.41) is 14.2. The number of carboxylic acid groups (broad SMARTS) is 1. The van der Waals surface area contributed by atoms with Gasteiger partial charge in [-0.25, -0.2) is 0 Å². The number of carboxylic acids is 1. The zero-order chi connectivity index (χ0) is 17.3. The highest BCUT2D eigenvalue weighted by Gasteiger charge is 2.33. The van der Waals surface area contributed by atoms with Crippen LogP contribution in [-0.2, 0) is 16.1 Å². The van der Waals surface area contributed by atoms with Crippen molar-refractivity contribution in [2.75, 3.05) is 6.79 Å². The molecule has 0 spiro atoms. The Morgan fingerprint density at radius 2 is 1.79 bits per heavy atom. The summed E-state index contributed by atoms with van der Waals surface area (Å²) in [4.78, 5) is 23.9. The topological polar surface area (TPSA) is 87.7 Å². The maximum atomic E-state index is 12.5. The van der Waals surface area contributed by atoms with Crippen molar-refractivity contribution in [3.63, 3.8) is 0 Å². The summed E-state index contributed by atoms with van der Waals surface area (Å²) >= 11 is 0. The van der Waals surface area contributed by atoms with Crippen LogP contribution in [0, 0.1) is 11.8 Å². The molecule has 0 saturated carbocycles. The Morgan fingerprint density at radius 1 is 1.12 bits per heavy atom. The van der Waals surface area contributed by atoms with Gasteiger partial charge in [0.1, 0.15) is 0 Å². The first kappa shape index (κ1) is 16.4. The van der Waals surface area contributed by atoms with Crippen molar-refractivity contribution in [1.82, 2.24) is 5.32 Å². The first-order valence-corrected chi connectivity index (χ1v) is 7.98. The third kappa shape index (κ3) is 3.22. The molecular formula is C18H20NO5-. The lowest BCUT2D eigenvalue weighted by Gasteiger charge is -2.32. The summed E-state index contributed by atoms with van der Waals surface area (Å²) < 4.78 is 10.6. The summed E-state index contributed by atoms with van der Waals surface area (Å²) in [6, 6.07) is 5.46. The Labute approximate surface area is 140 Å². The lowest BCUT2D eigenvalue weighted by atomic mass is 9.76. The fourth-order valence-electron chi connectivity index (χ4n) is 3.19. The molecule has 0 fully saturated rings. The van der Waals surface area contributed by atoms with Gasteiger partial charge in [-0.2, -0.15) is 0 Å². The number of amides is 1. The molecule has 0 bridgehead atoms. The quantitative estimate of drug-likeness (QED) is 0.837. The number of nitrogens with one attached hydrogen (secondary N) is 1. The van der Waals surface area contributed by atoms with Crippen LogP contribution in [0.25, 0.3) is 0 Å². The summed E-state index contributed by atoms with van der Waals surface area (Å²) in [7, 11) is 0. The van der Waals surface area contributed by atoms with Gasteiger partial charge in [-0.3, -0.25) is 4.79 Å². The molecule has 24 heavy (non-hydrogen) atoms. The molecule has 0 unspecified atom stereocenters. The molecule has 1 aromatic rings. The summed E-state index contributed by atoms with van der Waals surface area (Å²) in [6.45, 7) is 4.37. The maximum absolute atomic E-state index is 12.5. The standard InChI is InChI=1S/C18H21NO5/c1-10-5-13(14(18(21)22)6-11(10)2)17(20)19-8-12-3-4-15-16(7-12)24-9-23-15/h3-4,7,13-14H,5-6,8-9H2,1-2H3,(H,19,20)(H,21,22)/p-1/t13-,14+/m0/s1. The van der Waals surface area contributed by atoms with Gasteiger partial charge in [-0.1, -0.05) is 17.2 Å². The average molecular weight is 330 g/mol. The van der Waals surface area contributed by atoms with Crippen LogP contribution >= 0.6 is 0 Å². The molecule has 3 rings (SSSR count). The highest BCUT2D eigenvalue weighted by atomic mass is 16.7. The SMILES string of the molecule is CC1=C(C)C[C@@H](C(=O)[O-])[C@@H](C(=O)NCc2ccc3c(c2)OCO3)C1. The molecule has 2 atom stereocenters. The first-order valence-electron chi connectivity index (χ1n) is 7.98. The fourth-order valence-corrected chi connectivity index (χ4v) is 3.19. The largest absolute Gasteiger partial charge is 0.550 e. The van der Waals surface area contributed by atoms with E-state index in [1.54, 1.807) is 6.07 Å². The minimum Gasteiger partial charge on any atom is -0.550 e. The van der Waals surface area contributed by atoms with E-state index in [1.165, 1.54) is 0 Å². The smallest absolute Gasteiger partial charge is 0.231 e. The second kappa shape index (κ2) is 6.55. The Kier molecular flexibility index (Phi) is 4.46. The Bertz CT molecular complexity index is 709. The van der Waals surface area contributed by atoms with Crippen LogP contribution in [0.15, 0.2) is 29.3 Å². The number of carbonyl (C=O) groups is 2. The number of fused-ring (bicyclic) bond motifs is 1. The van der Waals surface area contributed by atoms with Gasteiger partial charge in [-0.05, 0) is 44.4 Å². The van der Waals surface area contributed by atoms with E-state index >= 15 is 0 Å². The van der Waals surface area contributed by atoms with E-state index in [9.17, 15) is 14.7 Å². The molecule has 1 aliphatic heterocycles. The summed E-state index contributed by atoms with van der Waals surface area (Å²) in [5.74, 6) is -1.44. The van der Waals surface area contributed by atoms with Crippen LogP contribution in [-0.4, -0.2) is 18.7 Å². The van der Waals surface area contributed by atoms with Crippen LogP contribution in [0.3, 0.4) is 0 Å². The molecule has 2 aliphatic rings. The normalized spacial score (nSPS) is 22.4. The lowest BCUT2D eigenvalue weighted by Crippen LogP contribution is -2.44. The van der Waals surface area contributed by atoms with Crippen molar-refractivity contribution in [1.29, 1.82) is 0 Å². The van der Waals surface area contributed by atoms with E-state index in [1.807, 2.05) is 26.0 Å². The van der Waals surface area contributed by atoms with Crippen molar-refractivity contribution in [2.24, 2.45) is 11.8 Å². The Balaban J connectivity index is 1.66. The van der Waals surface area contributed by atoms with E-state index in [0.717, 1.165) is 16.7 Å². The maximum Gasteiger partial charge on any atom is 0.231 e. The lowest BCUT2D eigenvalue weighted by molar-refractivity contribution is -0.313. The van der Waals surface area contributed by atoms with Crippen molar-refractivity contribution in [3.8, 4) is 11.5 Å². The number of hydrogen-bond acceptors (Lipinski definition) is 5. The fraction of sp³-hybridized carbons (Fsp3) is 0.444. The number of ether oxygens (including phenoxy) is 2.